The van der Waals surface area contributed by atoms with Crippen molar-refractivity contribution in [3.8, 4) is 0 Å². The SMILES string of the molecule is Cc1ccc([C@H]2C3CC(CC3=O)[C@@H]2[N+](=O)[O-])cc1. The molecule has 0 amide bonds. The minimum absolute atomic E-state index is 0.0520. The topological polar surface area (TPSA) is 60.2 Å². The van der Waals surface area contributed by atoms with Crippen LogP contribution in [0.1, 0.15) is 29.9 Å². The summed E-state index contributed by atoms with van der Waals surface area (Å²) in [6.07, 6.45) is 1.10. The Labute approximate surface area is 105 Å². The van der Waals surface area contributed by atoms with Gasteiger partial charge in [0, 0.05) is 23.2 Å². The van der Waals surface area contributed by atoms with Crippen LogP contribution < -0.4 is 0 Å². The van der Waals surface area contributed by atoms with Gasteiger partial charge in [-0.25, -0.2) is 0 Å². The Bertz CT molecular complexity index is 508. The van der Waals surface area contributed by atoms with E-state index in [2.05, 4.69) is 0 Å². The average molecular weight is 245 g/mol. The van der Waals surface area contributed by atoms with Crippen LogP contribution in [0, 0.1) is 28.9 Å². The number of nitro groups is 1. The van der Waals surface area contributed by atoms with Crippen LogP contribution in [0.25, 0.3) is 0 Å². The van der Waals surface area contributed by atoms with E-state index >= 15 is 0 Å². The van der Waals surface area contributed by atoms with Crippen molar-refractivity contribution < 1.29 is 9.72 Å². The maximum atomic E-state index is 11.8. The van der Waals surface area contributed by atoms with Crippen molar-refractivity contribution in [2.24, 2.45) is 11.8 Å². The third-order valence-corrected chi connectivity index (χ3v) is 4.42. The third-order valence-electron chi connectivity index (χ3n) is 4.42. The van der Waals surface area contributed by atoms with Gasteiger partial charge in [0.25, 0.3) is 0 Å². The standard InChI is InChI=1S/C14H15NO3/c1-8-2-4-9(5-3-8)13-11-6-10(7-12(11)16)14(13)15(17)18/h2-5,10-11,13-14H,6-7H2,1H3/t10?,11?,13-,14-/m0/s1. The molecule has 0 spiro atoms. The fourth-order valence-electron chi connectivity index (χ4n) is 3.61. The van der Waals surface area contributed by atoms with Gasteiger partial charge in [-0.05, 0) is 18.9 Å². The quantitative estimate of drug-likeness (QED) is 0.593. The molecule has 4 heteroatoms. The molecule has 4 nitrogen and oxygen atoms in total. The van der Waals surface area contributed by atoms with E-state index in [0.717, 1.165) is 11.1 Å². The van der Waals surface area contributed by atoms with Crippen molar-refractivity contribution in [1.29, 1.82) is 0 Å². The first kappa shape index (κ1) is 11.4. The Morgan fingerprint density at radius 1 is 1.28 bits per heavy atom. The molecular weight excluding hydrogens is 230 g/mol. The van der Waals surface area contributed by atoms with Gasteiger partial charge in [0.15, 0.2) is 0 Å². The molecule has 2 unspecified atom stereocenters. The van der Waals surface area contributed by atoms with Crippen LogP contribution in [-0.2, 0) is 4.79 Å². The van der Waals surface area contributed by atoms with Crippen molar-refractivity contribution in [1.82, 2.24) is 0 Å². The summed E-state index contributed by atoms with van der Waals surface area (Å²) >= 11 is 0. The summed E-state index contributed by atoms with van der Waals surface area (Å²) < 4.78 is 0. The zero-order valence-corrected chi connectivity index (χ0v) is 10.2. The van der Waals surface area contributed by atoms with Crippen LogP contribution in [0.3, 0.4) is 0 Å². The Morgan fingerprint density at radius 3 is 2.56 bits per heavy atom. The number of hydrogen-bond acceptors (Lipinski definition) is 3. The predicted molar refractivity (Wildman–Crippen MR) is 65.9 cm³/mol. The molecule has 4 atom stereocenters. The van der Waals surface area contributed by atoms with Gasteiger partial charge in [-0.1, -0.05) is 29.8 Å². The van der Waals surface area contributed by atoms with Gasteiger partial charge in [0.05, 0.1) is 5.92 Å². The summed E-state index contributed by atoms with van der Waals surface area (Å²) in [4.78, 5) is 22.9. The van der Waals surface area contributed by atoms with E-state index < -0.39 is 6.04 Å². The minimum Gasteiger partial charge on any atom is -0.299 e. The summed E-state index contributed by atoms with van der Waals surface area (Å²) in [6, 6.07) is 7.22. The molecule has 1 aromatic carbocycles. The first-order valence-corrected chi connectivity index (χ1v) is 6.30. The van der Waals surface area contributed by atoms with Crippen molar-refractivity contribution in [2.45, 2.75) is 31.7 Å². The van der Waals surface area contributed by atoms with Gasteiger partial charge >= 0.3 is 0 Å². The summed E-state index contributed by atoms with van der Waals surface area (Å²) in [7, 11) is 0. The molecule has 1 aromatic rings. The number of aryl methyl sites for hydroxylation is 1. The molecule has 2 aliphatic carbocycles. The second kappa shape index (κ2) is 3.90. The number of nitrogens with zero attached hydrogens (tertiary/aromatic N) is 1. The molecule has 94 valence electrons. The second-order valence-electron chi connectivity index (χ2n) is 5.49. The molecule has 18 heavy (non-hydrogen) atoms. The van der Waals surface area contributed by atoms with Crippen LogP contribution in [0.5, 0.6) is 0 Å². The molecule has 2 bridgehead atoms. The molecule has 0 heterocycles. The number of fused-ring (bicyclic) bond motifs is 2. The molecule has 2 saturated carbocycles. The molecular formula is C14H15NO3. The van der Waals surface area contributed by atoms with Crippen LogP contribution in [0.15, 0.2) is 24.3 Å². The Balaban J connectivity index is 2.00. The summed E-state index contributed by atoms with van der Waals surface area (Å²) in [5, 5.41) is 11.2. The number of Topliss-reactive ketones (excluding diaryl/α,β-unsaturated/α-hetero) is 1. The van der Waals surface area contributed by atoms with E-state index in [0.29, 0.717) is 12.8 Å². The fraction of sp³-hybridized carbons (Fsp3) is 0.500. The number of ketones is 1. The molecule has 0 saturated heterocycles. The van der Waals surface area contributed by atoms with Gasteiger partial charge in [-0.3, -0.25) is 14.9 Å². The average Bonchev–Trinajstić information content (AvgIpc) is 2.86. The van der Waals surface area contributed by atoms with Crippen LogP contribution in [0.4, 0.5) is 0 Å². The van der Waals surface area contributed by atoms with E-state index in [1.807, 2.05) is 31.2 Å². The van der Waals surface area contributed by atoms with E-state index in [9.17, 15) is 14.9 Å². The lowest BCUT2D eigenvalue weighted by Crippen LogP contribution is -2.36. The number of rotatable bonds is 2. The zero-order valence-electron chi connectivity index (χ0n) is 10.2. The maximum Gasteiger partial charge on any atom is 0.223 e. The highest BCUT2D eigenvalue weighted by molar-refractivity contribution is 5.86. The highest BCUT2D eigenvalue weighted by Gasteiger charge is 2.58. The van der Waals surface area contributed by atoms with Crippen molar-refractivity contribution in [2.75, 3.05) is 0 Å². The third kappa shape index (κ3) is 1.55. The predicted octanol–water partition coefficient (Wildman–Crippen LogP) is 2.33. The normalized spacial score (nSPS) is 33.9. The fourth-order valence-corrected chi connectivity index (χ4v) is 3.61. The van der Waals surface area contributed by atoms with Crippen LogP contribution in [0.2, 0.25) is 0 Å². The summed E-state index contributed by atoms with van der Waals surface area (Å²) in [5.74, 6) is -0.188. The highest BCUT2D eigenvalue weighted by Crippen LogP contribution is 2.52. The number of benzene rings is 1. The second-order valence-corrected chi connectivity index (χ2v) is 5.49. The maximum absolute atomic E-state index is 11.8. The molecule has 2 aliphatic rings. The molecule has 0 radical (unpaired) electrons. The Hall–Kier alpha value is -1.71. The smallest absolute Gasteiger partial charge is 0.223 e. The lowest BCUT2D eigenvalue weighted by Gasteiger charge is -2.24. The molecule has 0 aliphatic heterocycles. The van der Waals surface area contributed by atoms with Crippen molar-refractivity contribution in [3.05, 3.63) is 45.5 Å². The lowest BCUT2D eigenvalue weighted by molar-refractivity contribution is -0.533. The highest BCUT2D eigenvalue weighted by atomic mass is 16.6. The zero-order chi connectivity index (χ0) is 12.9. The van der Waals surface area contributed by atoms with Crippen molar-refractivity contribution >= 4 is 5.78 Å². The van der Waals surface area contributed by atoms with Crippen LogP contribution in [-0.4, -0.2) is 16.7 Å². The molecule has 2 fully saturated rings. The first-order valence-electron chi connectivity index (χ1n) is 6.30. The Morgan fingerprint density at radius 2 is 1.94 bits per heavy atom. The van der Waals surface area contributed by atoms with Crippen LogP contribution >= 0.6 is 0 Å². The monoisotopic (exact) mass is 245 g/mol. The summed E-state index contributed by atoms with van der Waals surface area (Å²) in [5.41, 5.74) is 2.08. The minimum atomic E-state index is -0.574. The largest absolute Gasteiger partial charge is 0.299 e. The van der Waals surface area contributed by atoms with E-state index in [4.69, 9.17) is 0 Å². The summed E-state index contributed by atoms with van der Waals surface area (Å²) in [6.45, 7) is 1.99. The van der Waals surface area contributed by atoms with Gasteiger partial charge in [-0.15, -0.1) is 0 Å². The lowest BCUT2D eigenvalue weighted by atomic mass is 9.79. The molecule has 0 N–H and O–H groups in total. The van der Waals surface area contributed by atoms with E-state index in [1.165, 1.54) is 0 Å². The van der Waals surface area contributed by atoms with Crippen molar-refractivity contribution in [3.63, 3.8) is 0 Å². The number of carbonyl (C=O) groups excluding carboxylic acids is 1. The number of hydrogen-bond donors (Lipinski definition) is 0. The molecule has 3 rings (SSSR count). The Kier molecular flexibility index (Phi) is 2.47. The molecule has 0 aromatic heterocycles. The van der Waals surface area contributed by atoms with Gasteiger partial charge in [-0.2, -0.15) is 0 Å². The van der Waals surface area contributed by atoms with E-state index in [-0.39, 0.29) is 28.5 Å². The first-order chi connectivity index (χ1) is 8.58. The number of carbonyl (C=O) groups is 1. The van der Waals surface area contributed by atoms with Gasteiger partial charge in [0.2, 0.25) is 6.04 Å². The van der Waals surface area contributed by atoms with E-state index in [1.54, 1.807) is 0 Å². The van der Waals surface area contributed by atoms with Gasteiger partial charge in [0.1, 0.15) is 5.78 Å². The van der Waals surface area contributed by atoms with Gasteiger partial charge < -0.3 is 0 Å².